The average molecular weight is 348 g/mol. The van der Waals surface area contributed by atoms with Crippen molar-refractivity contribution in [1.29, 1.82) is 0 Å². The number of hydrogen-bond acceptors (Lipinski definition) is 4. The number of nitrogens with one attached hydrogen (secondary N) is 2. The molecule has 0 amide bonds. The predicted octanol–water partition coefficient (Wildman–Crippen LogP) is 2.44. The van der Waals surface area contributed by atoms with Crippen LogP contribution >= 0.6 is 11.6 Å². The standard InChI is InChI=1S/C17H22ClN5O/c1-3-24-16-10-14(7-8-20-16)12-23-17(19-2)21-9-6-13-4-5-15(18)22-11-13/h4-5,7-8,10-11H,3,6,9,12H2,1-2H3,(H2,19,21,23). The van der Waals surface area contributed by atoms with Crippen molar-refractivity contribution in [2.45, 2.75) is 19.9 Å². The Morgan fingerprint density at radius 3 is 2.79 bits per heavy atom. The number of halogens is 1. The number of aromatic nitrogens is 2. The molecule has 2 aromatic rings. The molecule has 0 saturated heterocycles. The lowest BCUT2D eigenvalue weighted by atomic mass is 10.2. The van der Waals surface area contributed by atoms with Crippen LogP contribution in [0.25, 0.3) is 0 Å². The van der Waals surface area contributed by atoms with Crippen LogP contribution < -0.4 is 15.4 Å². The number of aliphatic imine (C=N–C) groups is 1. The van der Waals surface area contributed by atoms with Crippen molar-refractivity contribution in [3.63, 3.8) is 0 Å². The van der Waals surface area contributed by atoms with Crippen LogP contribution in [0.4, 0.5) is 0 Å². The molecule has 0 aromatic carbocycles. The van der Waals surface area contributed by atoms with Crippen LogP contribution in [0.5, 0.6) is 5.88 Å². The van der Waals surface area contributed by atoms with Crippen LogP contribution in [0.2, 0.25) is 5.15 Å². The molecule has 0 radical (unpaired) electrons. The third kappa shape index (κ3) is 6.04. The second-order valence-corrected chi connectivity index (χ2v) is 5.41. The third-order valence-electron chi connectivity index (χ3n) is 3.27. The molecule has 7 heteroatoms. The summed E-state index contributed by atoms with van der Waals surface area (Å²) < 4.78 is 5.40. The molecule has 128 valence electrons. The van der Waals surface area contributed by atoms with E-state index in [-0.39, 0.29) is 0 Å². The molecule has 2 aromatic heterocycles. The highest BCUT2D eigenvalue weighted by Gasteiger charge is 2.01. The minimum absolute atomic E-state index is 0.507. The molecule has 0 aliphatic carbocycles. The molecule has 0 saturated carbocycles. The molecule has 0 unspecified atom stereocenters. The topological polar surface area (TPSA) is 71.4 Å². The van der Waals surface area contributed by atoms with E-state index in [0.29, 0.717) is 24.2 Å². The van der Waals surface area contributed by atoms with Crippen LogP contribution in [-0.4, -0.2) is 36.1 Å². The molecule has 2 N–H and O–H groups in total. The van der Waals surface area contributed by atoms with E-state index in [1.807, 2.05) is 25.1 Å². The Bertz CT molecular complexity index is 660. The van der Waals surface area contributed by atoms with Gasteiger partial charge >= 0.3 is 0 Å². The van der Waals surface area contributed by atoms with E-state index in [1.54, 1.807) is 25.5 Å². The van der Waals surface area contributed by atoms with Crippen molar-refractivity contribution in [1.82, 2.24) is 20.6 Å². The number of guanidine groups is 1. The molecular formula is C17H22ClN5O. The monoisotopic (exact) mass is 347 g/mol. The zero-order valence-electron chi connectivity index (χ0n) is 13.9. The van der Waals surface area contributed by atoms with Crippen LogP contribution in [0, 0.1) is 0 Å². The SMILES string of the molecule is CCOc1cc(CNC(=NC)NCCc2ccc(Cl)nc2)ccn1. The number of pyridine rings is 2. The maximum atomic E-state index is 5.78. The van der Waals surface area contributed by atoms with Gasteiger partial charge in [-0.1, -0.05) is 17.7 Å². The first kappa shape index (κ1) is 18.0. The molecular weight excluding hydrogens is 326 g/mol. The van der Waals surface area contributed by atoms with Gasteiger partial charge in [0.05, 0.1) is 6.61 Å². The van der Waals surface area contributed by atoms with Crippen LogP contribution in [0.1, 0.15) is 18.1 Å². The Morgan fingerprint density at radius 2 is 2.08 bits per heavy atom. The maximum Gasteiger partial charge on any atom is 0.213 e. The van der Waals surface area contributed by atoms with Crippen LogP contribution in [0.15, 0.2) is 41.7 Å². The number of nitrogens with zero attached hydrogens (tertiary/aromatic N) is 3. The lowest BCUT2D eigenvalue weighted by molar-refractivity contribution is 0.326. The Morgan fingerprint density at radius 1 is 1.21 bits per heavy atom. The molecule has 2 rings (SSSR count). The summed E-state index contributed by atoms with van der Waals surface area (Å²) in [5, 5.41) is 7.05. The summed E-state index contributed by atoms with van der Waals surface area (Å²) in [6, 6.07) is 7.63. The van der Waals surface area contributed by atoms with Gasteiger partial charge in [0, 0.05) is 38.6 Å². The fraction of sp³-hybridized carbons (Fsp3) is 0.353. The van der Waals surface area contributed by atoms with E-state index in [1.165, 1.54) is 0 Å². The lowest BCUT2D eigenvalue weighted by Gasteiger charge is -2.12. The molecule has 24 heavy (non-hydrogen) atoms. The Labute approximate surface area is 147 Å². The fourth-order valence-corrected chi connectivity index (χ4v) is 2.18. The normalized spacial score (nSPS) is 11.2. The molecule has 0 aliphatic rings. The molecule has 0 fully saturated rings. The van der Waals surface area contributed by atoms with Gasteiger partial charge < -0.3 is 15.4 Å². The average Bonchev–Trinajstić information content (AvgIpc) is 2.60. The van der Waals surface area contributed by atoms with Gasteiger partial charge in [-0.2, -0.15) is 0 Å². The maximum absolute atomic E-state index is 5.78. The van der Waals surface area contributed by atoms with Crippen molar-refractivity contribution in [2.75, 3.05) is 20.2 Å². The van der Waals surface area contributed by atoms with Crippen molar-refractivity contribution in [3.8, 4) is 5.88 Å². The number of hydrogen-bond donors (Lipinski definition) is 2. The van der Waals surface area contributed by atoms with E-state index in [2.05, 4.69) is 25.6 Å². The third-order valence-corrected chi connectivity index (χ3v) is 3.49. The van der Waals surface area contributed by atoms with Gasteiger partial charge in [0.15, 0.2) is 5.96 Å². The number of rotatable bonds is 7. The van der Waals surface area contributed by atoms with Gasteiger partial charge in [0.1, 0.15) is 5.15 Å². The Hall–Kier alpha value is -2.34. The molecule has 0 aliphatic heterocycles. The summed E-state index contributed by atoms with van der Waals surface area (Å²) in [6.07, 6.45) is 4.37. The largest absolute Gasteiger partial charge is 0.478 e. The quantitative estimate of drug-likeness (QED) is 0.457. The van der Waals surface area contributed by atoms with Gasteiger partial charge in [-0.25, -0.2) is 9.97 Å². The first-order valence-corrected chi connectivity index (χ1v) is 8.21. The minimum atomic E-state index is 0.507. The molecule has 2 heterocycles. The summed E-state index contributed by atoms with van der Waals surface area (Å²) in [5.74, 6) is 1.38. The summed E-state index contributed by atoms with van der Waals surface area (Å²) >= 11 is 5.78. The van der Waals surface area contributed by atoms with E-state index in [0.717, 1.165) is 30.1 Å². The van der Waals surface area contributed by atoms with Gasteiger partial charge in [0.25, 0.3) is 0 Å². The molecule has 0 bridgehead atoms. The molecule has 0 atom stereocenters. The van der Waals surface area contributed by atoms with Crippen molar-refractivity contribution in [2.24, 2.45) is 4.99 Å². The summed E-state index contributed by atoms with van der Waals surface area (Å²) in [5.41, 5.74) is 2.20. The van der Waals surface area contributed by atoms with E-state index in [4.69, 9.17) is 16.3 Å². The lowest BCUT2D eigenvalue weighted by Crippen LogP contribution is -2.37. The molecule has 0 spiro atoms. The number of ether oxygens (including phenoxy) is 1. The second-order valence-electron chi connectivity index (χ2n) is 5.03. The fourth-order valence-electron chi connectivity index (χ4n) is 2.07. The summed E-state index contributed by atoms with van der Waals surface area (Å²) in [4.78, 5) is 12.4. The predicted molar refractivity (Wildman–Crippen MR) is 96.6 cm³/mol. The highest BCUT2D eigenvalue weighted by atomic mass is 35.5. The Balaban J connectivity index is 1.78. The highest BCUT2D eigenvalue weighted by Crippen LogP contribution is 2.09. The molecule has 6 nitrogen and oxygen atoms in total. The van der Waals surface area contributed by atoms with E-state index < -0.39 is 0 Å². The van der Waals surface area contributed by atoms with Crippen molar-refractivity contribution < 1.29 is 4.74 Å². The minimum Gasteiger partial charge on any atom is -0.478 e. The van der Waals surface area contributed by atoms with Gasteiger partial charge in [-0.05, 0) is 36.6 Å². The van der Waals surface area contributed by atoms with Crippen LogP contribution in [-0.2, 0) is 13.0 Å². The first-order valence-electron chi connectivity index (χ1n) is 7.84. The van der Waals surface area contributed by atoms with Gasteiger partial charge in [0.2, 0.25) is 5.88 Å². The van der Waals surface area contributed by atoms with E-state index >= 15 is 0 Å². The summed E-state index contributed by atoms with van der Waals surface area (Å²) in [7, 11) is 1.75. The second kappa shape index (κ2) is 9.72. The smallest absolute Gasteiger partial charge is 0.213 e. The summed E-state index contributed by atoms with van der Waals surface area (Å²) in [6.45, 7) is 3.94. The zero-order valence-corrected chi connectivity index (χ0v) is 14.7. The van der Waals surface area contributed by atoms with Gasteiger partial charge in [-0.15, -0.1) is 0 Å². The Kier molecular flexibility index (Phi) is 7.29. The van der Waals surface area contributed by atoms with Gasteiger partial charge in [-0.3, -0.25) is 4.99 Å². The zero-order chi connectivity index (χ0) is 17.2. The van der Waals surface area contributed by atoms with E-state index in [9.17, 15) is 0 Å². The highest BCUT2D eigenvalue weighted by molar-refractivity contribution is 6.29. The van der Waals surface area contributed by atoms with Crippen LogP contribution in [0.3, 0.4) is 0 Å². The van der Waals surface area contributed by atoms with Crippen molar-refractivity contribution in [3.05, 3.63) is 52.9 Å². The van der Waals surface area contributed by atoms with Crippen molar-refractivity contribution >= 4 is 17.6 Å². The first-order chi connectivity index (χ1) is 11.7.